The molecule has 0 saturated heterocycles. The van der Waals surface area contributed by atoms with E-state index in [-0.39, 0.29) is 11.8 Å². The Bertz CT molecular complexity index is 412. The number of carboxylic acid groups (broad SMARTS) is 1. The highest BCUT2D eigenvalue weighted by molar-refractivity contribution is 7.12. The van der Waals surface area contributed by atoms with Crippen LogP contribution in [0.5, 0.6) is 0 Å². The molecule has 1 heterocycles. The summed E-state index contributed by atoms with van der Waals surface area (Å²) in [7, 11) is 0. The minimum Gasteiger partial charge on any atom is -0.480 e. The molecule has 94 valence electrons. The first kappa shape index (κ1) is 13.7. The van der Waals surface area contributed by atoms with Gasteiger partial charge in [0.1, 0.15) is 6.04 Å². The number of aliphatic carboxylic acids is 1. The average molecular weight is 255 g/mol. The summed E-state index contributed by atoms with van der Waals surface area (Å²) in [5.74, 6) is -1.06. The van der Waals surface area contributed by atoms with Gasteiger partial charge in [-0.15, -0.1) is 11.3 Å². The fourth-order valence-corrected chi connectivity index (χ4v) is 2.35. The molecule has 0 aliphatic rings. The van der Waals surface area contributed by atoms with Crippen molar-refractivity contribution in [2.75, 3.05) is 0 Å². The molecule has 0 unspecified atom stereocenters. The molecule has 0 aliphatic carbocycles. The molecule has 1 atom stereocenters. The monoisotopic (exact) mass is 255 g/mol. The number of aryl methyl sites for hydroxylation is 1. The molecular weight excluding hydrogens is 238 g/mol. The Balaban J connectivity index is 2.71. The van der Waals surface area contributed by atoms with Crippen LogP contribution in [0.25, 0.3) is 0 Å². The van der Waals surface area contributed by atoms with Gasteiger partial charge in [0.05, 0.1) is 4.88 Å². The Labute approximate surface area is 105 Å². The predicted octanol–water partition coefficient (Wildman–Crippen LogP) is 2.29. The van der Waals surface area contributed by atoms with Crippen LogP contribution < -0.4 is 5.32 Å². The van der Waals surface area contributed by atoms with Crippen LogP contribution in [0.2, 0.25) is 0 Å². The molecule has 1 aromatic rings. The Morgan fingerprint density at radius 2 is 2.12 bits per heavy atom. The number of hydrogen-bond donors (Lipinski definition) is 2. The lowest BCUT2D eigenvalue weighted by Gasteiger charge is -2.16. The predicted molar refractivity (Wildman–Crippen MR) is 67.4 cm³/mol. The molecule has 0 fully saturated rings. The van der Waals surface area contributed by atoms with Crippen molar-refractivity contribution in [1.82, 2.24) is 5.32 Å². The summed E-state index contributed by atoms with van der Waals surface area (Å²) < 4.78 is 0. The van der Waals surface area contributed by atoms with Crippen LogP contribution in [0.3, 0.4) is 0 Å². The van der Waals surface area contributed by atoms with Gasteiger partial charge >= 0.3 is 5.97 Å². The van der Waals surface area contributed by atoms with Crippen LogP contribution in [0.15, 0.2) is 11.4 Å². The first-order valence-electron chi connectivity index (χ1n) is 5.49. The Morgan fingerprint density at radius 3 is 2.53 bits per heavy atom. The first-order chi connectivity index (χ1) is 7.91. The number of rotatable bonds is 5. The highest BCUT2D eigenvalue weighted by atomic mass is 32.1. The SMILES string of the molecule is Cc1ccsc1C(=O)N[C@@H](CC(C)C)C(=O)O. The molecule has 17 heavy (non-hydrogen) atoms. The Hall–Kier alpha value is -1.36. The number of carbonyl (C=O) groups excluding carboxylic acids is 1. The van der Waals surface area contributed by atoms with Crippen molar-refractivity contribution in [3.8, 4) is 0 Å². The fourth-order valence-electron chi connectivity index (χ4n) is 1.52. The van der Waals surface area contributed by atoms with Crippen molar-refractivity contribution in [3.05, 3.63) is 21.9 Å². The van der Waals surface area contributed by atoms with Crippen molar-refractivity contribution < 1.29 is 14.7 Å². The molecule has 0 radical (unpaired) electrons. The molecule has 0 aromatic carbocycles. The maximum atomic E-state index is 11.9. The zero-order valence-electron chi connectivity index (χ0n) is 10.2. The van der Waals surface area contributed by atoms with Crippen LogP contribution in [-0.4, -0.2) is 23.0 Å². The minimum absolute atomic E-state index is 0.223. The molecule has 0 spiro atoms. The number of nitrogens with one attached hydrogen (secondary N) is 1. The Kier molecular flexibility index (Phi) is 4.69. The van der Waals surface area contributed by atoms with Crippen molar-refractivity contribution in [3.63, 3.8) is 0 Å². The smallest absolute Gasteiger partial charge is 0.326 e. The zero-order chi connectivity index (χ0) is 13.0. The summed E-state index contributed by atoms with van der Waals surface area (Å²) in [4.78, 5) is 23.5. The number of carboxylic acids is 1. The second kappa shape index (κ2) is 5.82. The van der Waals surface area contributed by atoms with E-state index in [4.69, 9.17) is 5.11 Å². The number of hydrogen-bond acceptors (Lipinski definition) is 3. The molecule has 5 heteroatoms. The van der Waals surface area contributed by atoms with Crippen molar-refractivity contribution in [2.24, 2.45) is 5.92 Å². The molecule has 1 aromatic heterocycles. The average Bonchev–Trinajstić information content (AvgIpc) is 2.62. The number of thiophene rings is 1. The van der Waals surface area contributed by atoms with Gasteiger partial charge < -0.3 is 10.4 Å². The van der Waals surface area contributed by atoms with E-state index in [9.17, 15) is 9.59 Å². The molecule has 0 bridgehead atoms. The summed E-state index contributed by atoms with van der Waals surface area (Å²) in [6.07, 6.45) is 0.436. The number of amides is 1. The van der Waals surface area contributed by atoms with E-state index < -0.39 is 12.0 Å². The normalized spacial score (nSPS) is 12.5. The molecule has 0 saturated carbocycles. The van der Waals surface area contributed by atoms with E-state index in [1.807, 2.05) is 32.2 Å². The van der Waals surface area contributed by atoms with Crippen LogP contribution in [0.4, 0.5) is 0 Å². The van der Waals surface area contributed by atoms with Gasteiger partial charge in [-0.05, 0) is 36.3 Å². The van der Waals surface area contributed by atoms with E-state index in [1.54, 1.807) is 0 Å². The minimum atomic E-state index is -0.985. The lowest BCUT2D eigenvalue weighted by Crippen LogP contribution is -2.41. The maximum Gasteiger partial charge on any atom is 0.326 e. The fraction of sp³-hybridized carbons (Fsp3) is 0.500. The van der Waals surface area contributed by atoms with Gasteiger partial charge in [0, 0.05) is 0 Å². The quantitative estimate of drug-likeness (QED) is 0.848. The highest BCUT2D eigenvalue weighted by Gasteiger charge is 2.22. The highest BCUT2D eigenvalue weighted by Crippen LogP contribution is 2.16. The van der Waals surface area contributed by atoms with Crippen molar-refractivity contribution in [1.29, 1.82) is 0 Å². The van der Waals surface area contributed by atoms with Gasteiger partial charge in [0.25, 0.3) is 5.91 Å². The standard InChI is InChI=1S/C12H17NO3S/c1-7(2)6-9(12(15)16)13-11(14)10-8(3)4-5-17-10/h4-5,7,9H,6H2,1-3H3,(H,13,14)(H,15,16)/t9-/m0/s1. The first-order valence-corrected chi connectivity index (χ1v) is 6.37. The molecule has 4 nitrogen and oxygen atoms in total. The third-order valence-corrected chi connectivity index (χ3v) is 3.39. The molecule has 1 rings (SSSR count). The molecular formula is C12H17NO3S. The molecule has 2 N–H and O–H groups in total. The van der Waals surface area contributed by atoms with Gasteiger partial charge in [-0.25, -0.2) is 4.79 Å². The molecule has 1 amide bonds. The second-order valence-electron chi connectivity index (χ2n) is 4.43. The van der Waals surface area contributed by atoms with Crippen LogP contribution >= 0.6 is 11.3 Å². The third-order valence-electron chi connectivity index (χ3n) is 2.38. The summed E-state index contributed by atoms with van der Waals surface area (Å²) in [5, 5.41) is 13.4. The van der Waals surface area contributed by atoms with Gasteiger partial charge in [0.2, 0.25) is 0 Å². The third kappa shape index (κ3) is 3.85. The topological polar surface area (TPSA) is 66.4 Å². The molecule has 0 aliphatic heterocycles. The van der Waals surface area contributed by atoms with Crippen LogP contribution in [-0.2, 0) is 4.79 Å². The summed E-state index contributed by atoms with van der Waals surface area (Å²) >= 11 is 1.33. The lowest BCUT2D eigenvalue weighted by molar-refractivity contribution is -0.139. The lowest BCUT2D eigenvalue weighted by atomic mass is 10.0. The van der Waals surface area contributed by atoms with E-state index in [2.05, 4.69) is 5.32 Å². The van der Waals surface area contributed by atoms with Crippen LogP contribution in [0, 0.1) is 12.8 Å². The summed E-state index contributed by atoms with van der Waals surface area (Å²) in [6.45, 7) is 5.70. The van der Waals surface area contributed by atoms with Crippen LogP contribution in [0.1, 0.15) is 35.5 Å². The van der Waals surface area contributed by atoms with Gasteiger partial charge in [-0.3, -0.25) is 4.79 Å². The Morgan fingerprint density at radius 1 is 1.47 bits per heavy atom. The zero-order valence-corrected chi connectivity index (χ0v) is 11.0. The summed E-state index contributed by atoms with van der Waals surface area (Å²) in [5.41, 5.74) is 0.876. The van der Waals surface area contributed by atoms with Gasteiger partial charge in [-0.1, -0.05) is 13.8 Å². The van der Waals surface area contributed by atoms with Gasteiger partial charge in [-0.2, -0.15) is 0 Å². The van der Waals surface area contributed by atoms with Gasteiger partial charge in [0.15, 0.2) is 0 Å². The van der Waals surface area contributed by atoms with E-state index in [0.717, 1.165) is 5.56 Å². The van der Waals surface area contributed by atoms with Crippen molar-refractivity contribution >= 4 is 23.2 Å². The summed E-state index contributed by atoms with van der Waals surface area (Å²) in [6, 6.07) is 1.03. The van der Waals surface area contributed by atoms with E-state index >= 15 is 0 Å². The maximum absolute atomic E-state index is 11.9. The van der Waals surface area contributed by atoms with E-state index in [0.29, 0.717) is 11.3 Å². The van der Waals surface area contributed by atoms with Crippen molar-refractivity contribution in [2.45, 2.75) is 33.2 Å². The largest absolute Gasteiger partial charge is 0.480 e. The number of carbonyl (C=O) groups is 2. The second-order valence-corrected chi connectivity index (χ2v) is 5.34. The van der Waals surface area contributed by atoms with E-state index in [1.165, 1.54) is 11.3 Å².